The fourth-order valence-corrected chi connectivity index (χ4v) is 5.51. The molecule has 0 N–H and O–H groups in total. The Morgan fingerprint density at radius 1 is 0.860 bits per heavy atom. The van der Waals surface area contributed by atoms with Crippen molar-refractivity contribution in [2.75, 3.05) is 11.5 Å². The molecule has 6 heteroatoms. The molecule has 2 heterocycles. The fourth-order valence-electron chi connectivity index (χ4n) is 5.51. The topological polar surface area (TPSA) is 45.1 Å². The predicted molar refractivity (Wildman–Crippen MR) is 174 cm³/mol. The standard InChI is InChI=1S/C37H48N3O2.BrH/c1-3-4-5-6-7-8-9-10-11-12-13-16-25-42-36-23-18-20-33(27-36)30-40(31(2)41)34-22-17-19-32(26-34)28-37-38-29-35-21-14-15-24-39(35)37;/h14-15,17-24,26-27H,3-13,16,25,28,30H2,1-2H3;1H/q+1;/p-1. The maximum Gasteiger partial charge on any atom is 0.247 e. The number of fused-ring (bicyclic) bond motifs is 1. The summed E-state index contributed by atoms with van der Waals surface area (Å²) in [4.78, 5) is 21.1. The number of carbonyl (C=O) groups is 1. The first-order valence-electron chi connectivity index (χ1n) is 16.1. The van der Waals surface area contributed by atoms with Crippen LogP contribution in [0.4, 0.5) is 5.69 Å². The first kappa shape index (κ1) is 34.3. The van der Waals surface area contributed by atoms with E-state index in [1.54, 1.807) is 6.92 Å². The molecule has 0 unspecified atom stereocenters. The second-order valence-corrected chi connectivity index (χ2v) is 11.4. The van der Waals surface area contributed by atoms with Crippen molar-refractivity contribution in [2.45, 2.75) is 104 Å². The average molecular weight is 647 g/mol. The zero-order valence-electron chi connectivity index (χ0n) is 26.1. The maximum absolute atomic E-state index is 12.7. The predicted octanol–water partition coefficient (Wildman–Crippen LogP) is 6.31. The van der Waals surface area contributed by atoms with Crippen LogP contribution in [0.2, 0.25) is 0 Å². The van der Waals surface area contributed by atoms with Crippen molar-refractivity contribution in [3.8, 4) is 5.75 Å². The SMILES string of the molecule is CCCCCCCCCCCCCCOc1cccc(CN(C(C)=O)c2cccc(CC3=N[C+]=C4C=CC=CN43)c2)c1.[Br-]. The van der Waals surface area contributed by atoms with Gasteiger partial charge in [-0.3, -0.25) is 4.79 Å². The van der Waals surface area contributed by atoms with Gasteiger partial charge in [-0.2, -0.15) is 0 Å². The number of carbonyl (C=O) groups excluding carboxylic acids is 1. The number of amidine groups is 1. The Hall–Kier alpha value is -3.21. The highest BCUT2D eigenvalue weighted by Gasteiger charge is 2.28. The van der Waals surface area contributed by atoms with Crippen LogP contribution in [0.5, 0.6) is 5.75 Å². The number of aliphatic imine (C=N–C) groups is 1. The fraction of sp³-hybridized carbons (Fsp3) is 0.459. The summed E-state index contributed by atoms with van der Waals surface area (Å²) in [7, 11) is 0. The maximum atomic E-state index is 12.7. The van der Waals surface area contributed by atoms with Crippen LogP contribution >= 0.6 is 0 Å². The highest BCUT2D eigenvalue weighted by atomic mass is 79.9. The van der Waals surface area contributed by atoms with Gasteiger partial charge in [0.25, 0.3) is 0 Å². The van der Waals surface area contributed by atoms with Gasteiger partial charge < -0.3 is 26.6 Å². The van der Waals surface area contributed by atoms with E-state index in [1.807, 2.05) is 53.6 Å². The smallest absolute Gasteiger partial charge is 0.247 e. The first-order valence-corrected chi connectivity index (χ1v) is 16.1. The van der Waals surface area contributed by atoms with Gasteiger partial charge in [-0.05, 0) is 54.0 Å². The van der Waals surface area contributed by atoms with E-state index in [-0.39, 0.29) is 22.9 Å². The van der Waals surface area contributed by atoms with E-state index in [0.29, 0.717) is 13.0 Å². The number of nitrogens with zero attached hydrogens (tertiary/aromatic N) is 3. The Morgan fingerprint density at radius 2 is 1.53 bits per heavy atom. The number of amides is 1. The van der Waals surface area contributed by atoms with Crippen molar-refractivity contribution in [1.29, 1.82) is 0 Å². The van der Waals surface area contributed by atoms with Gasteiger partial charge in [-0.25, -0.2) is 4.90 Å². The molecule has 0 spiro atoms. The Bertz CT molecular complexity index is 1270. The minimum atomic E-state index is 0. The normalized spacial score (nSPS) is 13.1. The van der Waals surface area contributed by atoms with E-state index in [9.17, 15) is 4.79 Å². The van der Waals surface area contributed by atoms with E-state index in [2.05, 4.69) is 47.3 Å². The Balaban J connectivity index is 0.00000506. The molecule has 0 bridgehead atoms. The van der Waals surface area contributed by atoms with Crippen LogP contribution in [0, 0.1) is 6.20 Å². The van der Waals surface area contributed by atoms with Crippen molar-refractivity contribution in [3.63, 3.8) is 0 Å². The molecule has 0 atom stereocenters. The summed E-state index contributed by atoms with van der Waals surface area (Å²) in [6.07, 6.45) is 27.8. The van der Waals surface area contributed by atoms with Gasteiger partial charge >= 0.3 is 0 Å². The number of benzene rings is 2. The van der Waals surface area contributed by atoms with Crippen LogP contribution < -0.4 is 26.6 Å². The third-order valence-corrected chi connectivity index (χ3v) is 7.91. The monoisotopic (exact) mass is 645 g/mol. The molecule has 230 valence electrons. The van der Waals surface area contributed by atoms with Gasteiger partial charge in [-0.15, -0.1) is 0 Å². The van der Waals surface area contributed by atoms with Crippen LogP contribution in [-0.4, -0.2) is 23.2 Å². The molecule has 0 aromatic heterocycles. The lowest BCUT2D eigenvalue weighted by Gasteiger charge is -2.22. The summed E-state index contributed by atoms with van der Waals surface area (Å²) in [5, 5.41) is 0. The van der Waals surface area contributed by atoms with Crippen molar-refractivity contribution in [1.82, 2.24) is 4.90 Å². The van der Waals surface area contributed by atoms with Crippen molar-refractivity contribution in [3.05, 3.63) is 96.0 Å². The molecular formula is C37H48BrN3O2. The molecule has 0 saturated heterocycles. The number of allylic oxidation sites excluding steroid dienone is 3. The Labute approximate surface area is 270 Å². The molecule has 1 amide bonds. The number of rotatable bonds is 19. The zero-order chi connectivity index (χ0) is 29.4. The van der Waals surface area contributed by atoms with Crippen LogP contribution in [0.3, 0.4) is 0 Å². The molecule has 2 aromatic rings. The van der Waals surface area contributed by atoms with E-state index >= 15 is 0 Å². The third-order valence-electron chi connectivity index (χ3n) is 7.91. The van der Waals surface area contributed by atoms with Crippen molar-refractivity contribution >= 4 is 17.4 Å². The van der Waals surface area contributed by atoms with Crippen molar-refractivity contribution in [2.24, 2.45) is 4.99 Å². The number of hydrogen-bond donors (Lipinski definition) is 0. The summed E-state index contributed by atoms with van der Waals surface area (Å²) in [5.74, 6) is 1.81. The highest BCUT2D eigenvalue weighted by Crippen LogP contribution is 2.25. The molecule has 2 aromatic carbocycles. The number of unbranched alkanes of at least 4 members (excludes halogenated alkanes) is 11. The molecule has 0 radical (unpaired) electrons. The molecule has 43 heavy (non-hydrogen) atoms. The van der Waals surface area contributed by atoms with Crippen LogP contribution in [-0.2, 0) is 17.8 Å². The Kier molecular flexibility index (Phi) is 15.3. The van der Waals surface area contributed by atoms with Gasteiger partial charge in [0, 0.05) is 18.8 Å². The van der Waals surface area contributed by atoms with E-state index in [4.69, 9.17) is 4.74 Å². The molecule has 0 saturated carbocycles. The molecule has 4 rings (SSSR count). The number of hydrogen-bond acceptors (Lipinski definition) is 4. The lowest BCUT2D eigenvalue weighted by molar-refractivity contribution is -0.116. The van der Waals surface area contributed by atoms with Crippen LogP contribution in [0.25, 0.3) is 0 Å². The minimum Gasteiger partial charge on any atom is -1.00 e. The second kappa shape index (κ2) is 19.1. The van der Waals surface area contributed by atoms with Gasteiger partial charge in [0.1, 0.15) is 5.75 Å². The largest absolute Gasteiger partial charge is 1.00 e. The van der Waals surface area contributed by atoms with Gasteiger partial charge in [0.15, 0.2) is 6.20 Å². The summed E-state index contributed by atoms with van der Waals surface area (Å²) in [5.41, 5.74) is 3.99. The first-order chi connectivity index (χ1) is 20.6. The van der Waals surface area contributed by atoms with Gasteiger partial charge in [-0.1, -0.05) is 107 Å². The lowest BCUT2D eigenvalue weighted by atomic mass is 10.1. The van der Waals surface area contributed by atoms with E-state index in [0.717, 1.165) is 47.1 Å². The molecule has 2 aliphatic heterocycles. The number of halogens is 1. The average Bonchev–Trinajstić information content (AvgIpc) is 3.41. The number of anilines is 1. The lowest BCUT2D eigenvalue weighted by Crippen LogP contribution is -3.00. The van der Waals surface area contributed by atoms with Crippen LogP contribution in [0.15, 0.2) is 83.6 Å². The van der Waals surface area contributed by atoms with Gasteiger partial charge in [0.2, 0.25) is 17.4 Å². The molecule has 5 nitrogen and oxygen atoms in total. The van der Waals surface area contributed by atoms with Gasteiger partial charge in [0.05, 0.1) is 25.6 Å². The second-order valence-electron chi connectivity index (χ2n) is 11.4. The Morgan fingerprint density at radius 3 is 2.26 bits per heavy atom. The summed E-state index contributed by atoms with van der Waals surface area (Å²) >= 11 is 0. The number of ether oxygens (including phenoxy) is 1. The van der Waals surface area contributed by atoms with E-state index < -0.39 is 0 Å². The minimum absolute atomic E-state index is 0. The van der Waals surface area contributed by atoms with Crippen LogP contribution in [0.1, 0.15) is 102 Å². The molecular weight excluding hydrogens is 598 g/mol. The van der Waals surface area contributed by atoms with E-state index in [1.165, 1.54) is 70.6 Å². The highest BCUT2D eigenvalue weighted by molar-refractivity contribution is 5.92. The third kappa shape index (κ3) is 11.4. The molecule has 0 aliphatic carbocycles. The van der Waals surface area contributed by atoms with Crippen molar-refractivity contribution < 1.29 is 26.5 Å². The zero-order valence-corrected chi connectivity index (χ0v) is 27.7. The summed E-state index contributed by atoms with van der Waals surface area (Å²) < 4.78 is 6.08. The summed E-state index contributed by atoms with van der Waals surface area (Å²) in [6, 6.07) is 16.3. The summed E-state index contributed by atoms with van der Waals surface area (Å²) in [6.45, 7) is 5.13. The molecule has 0 fully saturated rings. The quantitative estimate of drug-likeness (QED) is 0.133. The molecule has 2 aliphatic rings.